The number of hydrogen-bond acceptors (Lipinski definition) is 5. The molecule has 0 amide bonds. The van der Waals surface area contributed by atoms with E-state index in [0.717, 1.165) is 24.3 Å². The highest BCUT2D eigenvalue weighted by Gasteiger charge is 2.49. The summed E-state index contributed by atoms with van der Waals surface area (Å²) < 4.78 is 0. The van der Waals surface area contributed by atoms with Gasteiger partial charge in [-0.1, -0.05) is 48.5 Å². The maximum Gasteiger partial charge on any atom is 0.269 e. The first-order valence-corrected chi connectivity index (χ1v) is 9.76. The highest BCUT2D eigenvalue weighted by molar-refractivity contribution is 5.52. The first-order valence-electron chi connectivity index (χ1n) is 9.76. The first kappa shape index (κ1) is 17.7. The highest BCUT2D eigenvalue weighted by atomic mass is 16.7. The number of nitro groups is 1. The normalized spacial score (nSPS) is 23.2. The van der Waals surface area contributed by atoms with Gasteiger partial charge in [-0.15, -0.1) is 0 Å². The summed E-state index contributed by atoms with van der Waals surface area (Å²) in [6, 6.07) is 27.1. The fraction of sp³-hybridized carbons (Fsp3) is 0.217. The van der Waals surface area contributed by atoms with Crippen LogP contribution in [0.1, 0.15) is 11.6 Å². The second-order valence-electron chi connectivity index (χ2n) is 7.51. The Hall–Kier alpha value is -3.38. The fourth-order valence-electron chi connectivity index (χ4n) is 4.45. The summed E-state index contributed by atoms with van der Waals surface area (Å²) >= 11 is 0. The molecule has 2 aliphatic heterocycles. The number of nitrogens with zero attached hydrogens (tertiary/aromatic N) is 3. The topological polar surface area (TPSA) is 58.9 Å². The summed E-state index contributed by atoms with van der Waals surface area (Å²) in [5, 5.41) is 13.3. The molecule has 3 aromatic carbocycles. The van der Waals surface area contributed by atoms with Gasteiger partial charge in [-0.2, -0.15) is 0 Å². The number of hydrogen-bond donors (Lipinski definition) is 0. The van der Waals surface area contributed by atoms with Gasteiger partial charge in [0.05, 0.1) is 16.7 Å². The summed E-state index contributed by atoms with van der Waals surface area (Å²) in [6.07, 6.45) is 0.0275. The third-order valence-corrected chi connectivity index (χ3v) is 5.77. The predicted octanol–water partition coefficient (Wildman–Crippen LogP) is 4.59. The van der Waals surface area contributed by atoms with Crippen LogP contribution in [-0.4, -0.2) is 24.1 Å². The third-order valence-electron chi connectivity index (χ3n) is 5.77. The zero-order valence-corrected chi connectivity index (χ0v) is 15.8. The van der Waals surface area contributed by atoms with E-state index >= 15 is 0 Å². The Morgan fingerprint density at radius 2 is 1.55 bits per heavy atom. The molecular formula is C23H21N3O3. The van der Waals surface area contributed by atoms with Crippen LogP contribution in [0.2, 0.25) is 0 Å². The van der Waals surface area contributed by atoms with Crippen molar-refractivity contribution in [1.82, 2.24) is 0 Å². The molecule has 3 atom stereocenters. The molecule has 0 spiro atoms. The molecule has 5 rings (SSSR count). The Bertz CT molecular complexity index is 1010. The van der Waals surface area contributed by atoms with Crippen LogP contribution < -0.4 is 9.96 Å². The number of hydroxylamine groups is 1. The molecule has 0 saturated carbocycles. The average molecular weight is 387 g/mol. The molecule has 0 aromatic heterocycles. The lowest BCUT2D eigenvalue weighted by Gasteiger charge is -2.30. The Balaban J connectivity index is 1.52. The van der Waals surface area contributed by atoms with Crippen LogP contribution in [0.15, 0.2) is 84.9 Å². The Morgan fingerprint density at radius 1 is 0.862 bits per heavy atom. The molecule has 0 N–H and O–H groups in total. The smallest absolute Gasteiger partial charge is 0.269 e. The molecule has 2 fully saturated rings. The largest absolute Gasteiger partial charge is 0.368 e. The van der Waals surface area contributed by atoms with Crippen molar-refractivity contribution in [3.63, 3.8) is 0 Å². The van der Waals surface area contributed by atoms with Gasteiger partial charge < -0.3 is 4.90 Å². The number of non-ortho nitro benzene ring substituents is 1. The van der Waals surface area contributed by atoms with Crippen molar-refractivity contribution >= 4 is 17.1 Å². The monoisotopic (exact) mass is 387 g/mol. The van der Waals surface area contributed by atoms with E-state index < -0.39 is 0 Å². The van der Waals surface area contributed by atoms with Gasteiger partial charge in [0.15, 0.2) is 0 Å². The van der Waals surface area contributed by atoms with Crippen molar-refractivity contribution in [2.45, 2.75) is 12.1 Å². The molecule has 0 radical (unpaired) electrons. The quantitative estimate of drug-likeness (QED) is 0.484. The number of fused-ring (bicyclic) bond motifs is 1. The van der Waals surface area contributed by atoms with Crippen LogP contribution in [0.3, 0.4) is 0 Å². The van der Waals surface area contributed by atoms with Gasteiger partial charge in [-0.05, 0) is 29.8 Å². The van der Waals surface area contributed by atoms with E-state index in [2.05, 4.69) is 17.0 Å². The maximum absolute atomic E-state index is 11.3. The molecule has 29 heavy (non-hydrogen) atoms. The number of para-hydroxylation sites is 2. The first-order chi connectivity index (χ1) is 14.2. The van der Waals surface area contributed by atoms with Crippen LogP contribution in [0, 0.1) is 16.0 Å². The Labute approximate surface area is 169 Å². The minimum Gasteiger partial charge on any atom is -0.368 e. The van der Waals surface area contributed by atoms with Gasteiger partial charge in [0, 0.05) is 36.8 Å². The molecule has 3 aromatic rings. The van der Waals surface area contributed by atoms with Crippen molar-refractivity contribution in [2.75, 3.05) is 23.1 Å². The lowest BCUT2D eigenvalue weighted by molar-refractivity contribution is -0.384. The van der Waals surface area contributed by atoms with Crippen molar-refractivity contribution in [1.29, 1.82) is 0 Å². The second-order valence-corrected chi connectivity index (χ2v) is 7.51. The third kappa shape index (κ3) is 3.21. The summed E-state index contributed by atoms with van der Waals surface area (Å²) in [6.45, 7) is 1.63. The zero-order valence-electron chi connectivity index (χ0n) is 15.8. The average Bonchev–Trinajstić information content (AvgIpc) is 3.33. The predicted molar refractivity (Wildman–Crippen MR) is 112 cm³/mol. The molecule has 6 nitrogen and oxygen atoms in total. The van der Waals surface area contributed by atoms with Gasteiger partial charge in [-0.3, -0.25) is 15.0 Å². The van der Waals surface area contributed by atoms with Crippen LogP contribution >= 0.6 is 0 Å². The molecule has 146 valence electrons. The van der Waals surface area contributed by atoms with Gasteiger partial charge in [0.1, 0.15) is 6.10 Å². The number of anilines is 2. The second kappa shape index (κ2) is 7.22. The van der Waals surface area contributed by atoms with Crippen LogP contribution in [0.4, 0.5) is 17.1 Å². The van der Waals surface area contributed by atoms with E-state index in [1.807, 2.05) is 59.7 Å². The van der Waals surface area contributed by atoms with E-state index in [1.54, 1.807) is 12.1 Å². The van der Waals surface area contributed by atoms with Crippen LogP contribution in [0.5, 0.6) is 0 Å². The SMILES string of the molecule is O=[N+]([O-])c1cccc(C2C3CN(c4ccccc4)CC3ON2c2ccccc2)c1. The van der Waals surface area contributed by atoms with Crippen LogP contribution in [-0.2, 0) is 4.84 Å². The minimum atomic E-state index is -0.339. The van der Waals surface area contributed by atoms with E-state index in [0.29, 0.717) is 0 Å². The van der Waals surface area contributed by atoms with E-state index in [1.165, 1.54) is 11.8 Å². The summed E-state index contributed by atoms with van der Waals surface area (Å²) in [4.78, 5) is 19.7. The fourth-order valence-corrected chi connectivity index (χ4v) is 4.45. The molecular weight excluding hydrogens is 366 g/mol. The molecule has 3 unspecified atom stereocenters. The summed E-state index contributed by atoms with van der Waals surface area (Å²) in [7, 11) is 0. The number of nitro benzene ring substituents is 1. The van der Waals surface area contributed by atoms with Gasteiger partial charge in [0.25, 0.3) is 5.69 Å². The number of benzene rings is 3. The maximum atomic E-state index is 11.3. The lowest BCUT2D eigenvalue weighted by atomic mass is 9.91. The van der Waals surface area contributed by atoms with Gasteiger partial charge in [-0.25, -0.2) is 5.06 Å². The molecule has 0 bridgehead atoms. The van der Waals surface area contributed by atoms with E-state index in [4.69, 9.17) is 4.84 Å². The van der Waals surface area contributed by atoms with E-state index in [9.17, 15) is 10.1 Å². The van der Waals surface area contributed by atoms with Gasteiger partial charge >= 0.3 is 0 Å². The minimum absolute atomic E-state index is 0.0275. The zero-order chi connectivity index (χ0) is 19.8. The van der Waals surface area contributed by atoms with Crippen LogP contribution in [0.25, 0.3) is 0 Å². The highest BCUT2D eigenvalue weighted by Crippen LogP contribution is 2.46. The standard InChI is InChI=1S/C23H21N3O3/c27-26(28)20-13-7-8-17(14-20)23-21-15-24(18-9-3-1-4-10-18)16-22(21)29-25(23)19-11-5-2-6-12-19/h1-14,21-23H,15-16H2. The van der Waals surface area contributed by atoms with Crippen molar-refractivity contribution in [2.24, 2.45) is 5.92 Å². The summed E-state index contributed by atoms with van der Waals surface area (Å²) in [5.41, 5.74) is 3.15. The summed E-state index contributed by atoms with van der Waals surface area (Å²) in [5.74, 6) is 0.206. The molecule has 6 heteroatoms. The van der Waals surface area contributed by atoms with Gasteiger partial charge in [0.2, 0.25) is 0 Å². The molecule has 2 saturated heterocycles. The van der Waals surface area contributed by atoms with E-state index in [-0.39, 0.29) is 28.7 Å². The lowest BCUT2D eigenvalue weighted by Crippen LogP contribution is -2.30. The molecule has 2 aliphatic rings. The number of rotatable bonds is 4. The Kier molecular flexibility index (Phi) is 4.41. The van der Waals surface area contributed by atoms with Crippen molar-refractivity contribution in [3.05, 3.63) is 101 Å². The van der Waals surface area contributed by atoms with Crippen molar-refractivity contribution in [3.8, 4) is 0 Å². The van der Waals surface area contributed by atoms with Crippen molar-refractivity contribution < 1.29 is 9.76 Å². The molecule has 2 heterocycles. The molecule has 0 aliphatic carbocycles. The Morgan fingerprint density at radius 3 is 2.24 bits per heavy atom.